The number of pyridine rings is 1. The van der Waals surface area contributed by atoms with Gasteiger partial charge in [0.2, 0.25) is 5.56 Å². The van der Waals surface area contributed by atoms with E-state index in [1.54, 1.807) is 22.9 Å². The molecule has 8 heteroatoms. The Morgan fingerprint density at radius 1 is 1.29 bits per heavy atom. The average molecular weight is 317 g/mol. The van der Waals surface area contributed by atoms with Crippen LogP contribution in [-0.4, -0.2) is 16.1 Å². The van der Waals surface area contributed by atoms with Crippen LogP contribution in [0.2, 0.25) is 0 Å². The van der Waals surface area contributed by atoms with Crippen LogP contribution in [0.5, 0.6) is 0 Å². The summed E-state index contributed by atoms with van der Waals surface area (Å²) >= 11 is 0.594. The highest BCUT2D eigenvalue weighted by atomic mass is 32.1. The SMILES string of the molecule is O=c1ccccn1CCCCNc1ncc(C(F)(F)F)s1. The lowest BCUT2D eigenvalue weighted by molar-refractivity contribution is -0.134. The fourth-order valence-electron chi connectivity index (χ4n) is 1.73. The van der Waals surface area contributed by atoms with Crippen LogP contribution >= 0.6 is 11.3 Å². The average Bonchev–Trinajstić information content (AvgIpc) is 2.89. The third kappa shape index (κ3) is 4.59. The zero-order valence-electron chi connectivity index (χ0n) is 11.1. The predicted molar refractivity (Wildman–Crippen MR) is 75.5 cm³/mol. The van der Waals surface area contributed by atoms with Crippen molar-refractivity contribution in [3.05, 3.63) is 45.8 Å². The van der Waals surface area contributed by atoms with Gasteiger partial charge in [-0.3, -0.25) is 4.79 Å². The highest BCUT2D eigenvalue weighted by Crippen LogP contribution is 2.34. The van der Waals surface area contributed by atoms with Gasteiger partial charge in [0.05, 0.1) is 6.20 Å². The van der Waals surface area contributed by atoms with Gasteiger partial charge in [0.15, 0.2) is 5.13 Å². The van der Waals surface area contributed by atoms with E-state index in [2.05, 4.69) is 10.3 Å². The quantitative estimate of drug-likeness (QED) is 0.832. The molecule has 0 bridgehead atoms. The van der Waals surface area contributed by atoms with Gasteiger partial charge < -0.3 is 9.88 Å². The molecule has 0 aliphatic heterocycles. The van der Waals surface area contributed by atoms with Crippen molar-refractivity contribution in [1.82, 2.24) is 9.55 Å². The Balaban J connectivity index is 1.72. The molecule has 2 rings (SSSR count). The number of anilines is 1. The third-order valence-electron chi connectivity index (χ3n) is 2.79. The van der Waals surface area contributed by atoms with Crippen molar-refractivity contribution in [3.8, 4) is 0 Å². The largest absolute Gasteiger partial charge is 0.427 e. The Morgan fingerprint density at radius 2 is 2.10 bits per heavy atom. The first-order valence-corrected chi connectivity index (χ1v) is 7.21. The van der Waals surface area contributed by atoms with Gasteiger partial charge in [0.1, 0.15) is 4.88 Å². The lowest BCUT2D eigenvalue weighted by atomic mass is 10.3. The Labute approximate surface area is 123 Å². The smallest absolute Gasteiger partial charge is 0.362 e. The maximum Gasteiger partial charge on any atom is 0.427 e. The summed E-state index contributed by atoms with van der Waals surface area (Å²) in [5.41, 5.74) is -0.0554. The zero-order valence-corrected chi connectivity index (χ0v) is 11.9. The second-order valence-corrected chi connectivity index (χ2v) is 5.42. The molecular formula is C13H14F3N3OS. The third-order valence-corrected chi connectivity index (χ3v) is 3.79. The van der Waals surface area contributed by atoms with Gasteiger partial charge >= 0.3 is 6.18 Å². The lowest BCUT2D eigenvalue weighted by Gasteiger charge is -2.05. The van der Waals surface area contributed by atoms with Crippen LogP contribution in [0, 0.1) is 0 Å². The summed E-state index contributed by atoms with van der Waals surface area (Å²) in [6.45, 7) is 1.11. The van der Waals surface area contributed by atoms with E-state index in [0.717, 1.165) is 19.0 Å². The highest BCUT2D eigenvalue weighted by Gasteiger charge is 2.33. The maximum atomic E-state index is 12.4. The fraction of sp³-hybridized carbons (Fsp3) is 0.385. The van der Waals surface area contributed by atoms with E-state index in [1.807, 2.05) is 0 Å². The van der Waals surface area contributed by atoms with E-state index < -0.39 is 11.1 Å². The molecule has 0 saturated heterocycles. The van der Waals surface area contributed by atoms with Crippen molar-refractivity contribution in [3.63, 3.8) is 0 Å². The van der Waals surface area contributed by atoms with Crippen molar-refractivity contribution >= 4 is 16.5 Å². The van der Waals surface area contributed by atoms with E-state index in [9.17, 15) is 18.0 Å². The molecule has 0 amide bonds. The molecule has 0 unspecified atom stereocenters. The molecule has 2 aromatic heterocycles. The van der Waals surface area contributed by atoms with Crippen molar-refractivity contribution < 1.29 is 13.2 Å². The summed E-state index contributed by atoms with van der Waals surface area (Å²) in [4.78, 5) is 14.4. The van der Waals surface area contributed by atoms with Crippen LogP contribution in [0.4, 0.5) is 18.3 Å². The first-order chi connectivity index (χ1) is 9.97. The van der Waals surface area contributed by atoms with Gasteiger partial charge in [-0.15, -0.1) is 0 Å². The molecular weight excluding hydrogens is 303 g/mol. The second kappa shape index (κ2) is 6.75. The highest BCUT2D eigenvalue weighted by molar-refractivity contribution is 7.15. The summed E-state index contributed by atoms with van der Waals surface area (Å²) < 4.78 is 38.7. The fourth-order valence-corrected chi connectivity index (χ4v) is 2.44. The van der Waals surface area contributed by atoms with Gasteiger partial charge in [-0.25, -0.2) is 4.98 Å². The summed E-state index contributed by atoms with van der Waals surface area (Å²) in [6, 6.07) is 4.96. The van der Waals surface area contributed by atoms with Gasteiger partial charge in [-0.05, 0) is 18.9 Å². The molecule has 0 fully saturated rings. The number of thiazole rings is 1. The molecule has 0 aliphatic rings. The van der Waals surface area contributed by atoms with Crippen LogP contribution in [0.1, 0.15) is 17.7 Å². The van der Waals surface area contributed by atoms with E-state index in [0.29, 0.717) is 24.4 Å². The summed E-state index contributed by atoms with van der Waals surface area (Å²) in [6.07, 6.45) is -0.300. The van der Waals surface area contributed by atoms with Crippen LogP contribution in [-0.2, 0) is 12.7 Å². The molecule has 21 heavy (non-hydrogen) atoms. The van der Waals surface area contributed by atoms with E-state index in [-0.39, 0.29) is 10.7 Å². The summed E-state index contributed by atoms with van der Waals surface area (Å²) in [5.74, 6) is 0. The van der Waals surface area contributed by atoms with Crippen LogP contribution < -0.4 is 10.9 Å². The molecule has 2 heterocycles. The standard InChI is InChI=1S/C13H14F3N3OS/c14-13(15,16)10-9-18-12(21-10)17-6-2-4-8-19-7-3-1-5-11(19)20/h1,3,5,7,9H,2,4,6,8H2,(H,17,18). The minimum atomic E-state index is -4.34. The molecule has 0 radical (unpaired) electrons. The van der Waals surface area contributed by atoms with Gasteiger partial charge in [-0.1, -0.05) is 17.4 Å². The number of hydrogen-bond donors (Lipinski definition) is 1. The van der Waals surface area contributed by atoms with Gasteiger partial charge in [0.25, 0.3) is 0 Å². The predicted octanol–water partition coefficient (Wildman–Crippen LogP) is 3.22. The zero-order chi connectivity index (χ0) is 15.3. The molecule has 0 saturated carbocycles. The topological polar surface area (TPSA) is 46.9 Å². The molecule has 114 valence electrons. The Bertz CT molecular complexity index is 636. The number of unbranched alkanes of at least 4 members (excludes halogenated alkanes) is 1. The Kier molecular flexibility index (Phi) is 5.00. The van der Waals surface area contributed by atoms with E-state index in [4.69, 9.17) is 0 Å². The van der Waals surface area contributed by atoms with Crippen molar-refractivity contribution in [1.29, 1.82) is 0 Å². The van der Waals surface area contributed by atoms with Gasteiger partial charge in [0, 0.05) is 25.4 Å². The first-order valence-electron chi connectivity index (χ1n) is 6.39. The number of rotatable bonds is 6. The molecule has 0 aliphatic carbocycles. The Hall–Kier alpha value is -1.83. The van der Waals surface area contributed by atoms with Crippen LogP contribution in [0.25, 0.3) is 0 Å². The van der Waals surface area contributed by atoms with E-state index >= 15 is 0 Å². The number of aryl methyl sites for hydroxylation is 1. The molecule has 0 aromatic carbocycles. The number of nitrogens with zero attached hydrogens (tertiary/aromatic N) is 2. The van der Waals surface area contributed by atoms with E-state index in [1.165, 1.54) is 6.07 Å². The molecule has 0 atom stereocenters. The summed E-state index contributed by atoms with van der Waals surface area (Å²) in [5, 5.41) is 3.12. The first kappa shape index (κ1) is 15.6. The maximum absolute atomic E-state index is 12.4. The van der Waals surface area contributed by atoms with Crippen LogP contribution in [0.15, 0.2) is 35.4 Å². The normalized spacial score (nSPS) is 11.6. The molecule has 2 aromatic rings. The summed E-state index contributed by atoms with van der Waals surface area (Å²) in [7, 11) is 0. The number of aromatic nitrogens is 2. The van der Waals surface area contributed by atoms with Crippen molar-refractivity contribution in [2.45, 2.75) is 25.6 Å². The van der Waals surface area contributed by atoms with Crippen molar-refractivity contribution in [2.24, 2.45) is 0 Å². The molecule has 4 nitrogen and oxygen atoms in total. The number of alkyl halides is 3. The minimum absolute atomic E-state index is 0.0554. The Morgan fingerprint density at radius 3 is 2.76 bits per heavy atom. The monoisotopic (exact) mass is 317 g/mol. The minimum Gasteiger partial charge on any atom is -0.362 e. The van der Waals surface area contributed by atoms with Crippen molar-refractivity contribution in [2.75, 3.05) is 11.9 Å². The number of nitrogens with one attached hydrogen (secondary N) is 1. The van der Waals surface area contributed by atoms with Crippen LogP contribution in [0.3, 0.4) is 0 Å². The lowest BCUT2D eigenvalue weighted by Crippen LogP contribution is -2.18. The number of hydrogen-bond acceptors (Lipinski definition) is 4. The number of halogens is 3. The molecule has 1 N–H and O–H groups in total. The second-order valence-electron chi connectivity index (χ2n) is 4.39. The molecule has 0 spiro atoms. The van der Waals surface area contributed by atoms with Gasteiger partial charge in [-0.2, -0.15) is 13.2 Å².